The maximum Gasteiger partial charge on any atom is 0.417 e. The van der Waals surface area contributed by atoms with Gasteiger partial charge in [0.25, 0.3) is 5.91 Å². The predicted molar refractivity (Wildman–Crippen MR) is 118 cm³/mol. The summed E-state index contributed by atoms with van der Waals surface area (Å²) in [5.74, 6) is 0.00159. The minimum absolute atomic E-state index is 0.0488. The topological polar surface area (TPSA) is 69.5 Å². The van der Waals surface area contributed by atoms with Crippen LogP contribution in [0.4, 0.5) is 18.9 Å². The van der Waals surface area contributed by atoms with Crippen molar-refractivity contribution in [3.8, 4) is 6.07 Å². The molecule has 0 aliphatic carbocycles. The van der Waals surface area contributed by atoms with Crippen LogP contribution in [0.25, 0.3) is 0 Å². The normalized spacial score (nSPS) is 22.9. The highest BCUT2D eigenvalue weighted by atomic mass is 32.1. The predicted octanol–water partition coefficient (Wildman–Crippen LogP) is 4.27. The van der Waals surface area contributed by atoms with Gasteiger partial charge in [-0.3, -0.25) is 4.79 Å². The van der Waals surface area contributed by atoms with Crippen LogP contribution in [-0.2, 0) is 10.9 Å². The quantitative estimate of drug-likeness (QED) is 0.657. The van der Waals surface area contributed by atoms with E-state index in [0.29, 0.717) is 49.8 Å². The average Bonchev–Trinajstić information content (AvgIpc) is 3.31. The fourth-order valence-electron chi connectivity index (χ4n) is 5.13. The molecule has 0 saturated carbocycles. The monoisotopic (exact) mass is 478 g/mol. The van der Waals surface area contributed by atoms with E-state index in [1.165, 1.54) is 17.4 Å². The number of carbonyl (C=O) groups is 1. The van der Waals surface area contributed by atoms with Crippen molar-refractivity contribution >= 4 is 22.9 Å². The summed E-state index contributed by atoms with van der Waals surface area (Å²) in [6, 6.07) is 5.49. The van der Waals surface area contributed by atoms with E-state index in [1.54, 1.807) is 19.2 Å². The van der Waals surface area contributed by atoms with Crippen molar-refractivity contribution in [2.75, 3.05) is 44.8 Å². The second-order valence-corrected chi connectivity index (χ2v) is 10.1. The first-order valence-electron chi connectivity index (χ1n) is 10.7. The second kappa shape index (κ2) is 8.61. The molecule has 10 heteroatoms. The molecule has 6 nitrogen and oxygen atoms in total. The maximum atomic E-state index is 13.5. The van der Waals surface area contributed by atoms with Gasteiger partial charge >= 0.3 is 6.18 Å². The minimum atomic E-state index is -4.60. The number of thiazole rings is 1. The van der Waals surface area contributed by atoms with Crippen LogP contribution < -0.4 is 4.90 Å². The molecule has 0 spiro atoms. The zero-order valence-electron chi connectivity index (χ0n) is 18.7. The van der Waals surface area contributed by atoms with Crippen molar-refractivity contribution in [3.05, 3.63) is 44.9 Å². The third-order valence-corrected chi connectivity index (χ3v) is 7.80. The van der Waals surface area contributed by atoms with Gasteiger partial charge in [-0.2, -0.15) is 18.4 Å². The molecule has 0 bridgehead atoms. The molecule has 0 N–H and O–H groups in total. The number of hydrogen-bond donors (Lipinski definition) is 0. The number of nitrogens with zero attached hydrogens (tertiary/aromatic N) is 4. The van der Waals surface area contributed by atoms with Crippen molar-refractivity contribution in [1.29, 1.82) is 5.26 Å². The maximum absolute atomic E-state index is 13.5. The van der Waals surface area contributed by atoms with Gasteiger partial charge in [-0.05, 0) is 38.5 Å². The third-order valence-electron chi connectivity index (χ3n) is 6.74. The number of piperidine rings is 1. The van der Waals surface area contributed by atoms with E-state index in [-0.39, 0.29) is 22.8 Å². The number of anilines is 1. The van der Waals surface area contributed by atoms with Gasteiger partial charge in [0.2, 0.25) is 0 Å². The van der Waals surface area contributed by atoms with E-state index >= 15 is 0 Å². The van der Waals surface area contributed by atoms with Crippen LogP contribution >= 0.6 is 11.3 Å². The molecule has 1 aromatic heterocycles. The number of alkyl halides is 3. The Morgan fingerprint density at radius 2 is 2.12 bits per heavy atom. The largest absolute Gasteiger partial charge is 0.417 e. The van der Waals surface area contributed by atoms with E-state index in [1.807, 2.05) is 23.6 Å². The molecule has 1 amide bonds. The molecule has 33 heavy (non-hydrogen) atoms. The van der Waals surface area contributed by atoms with E-state index in [4.69, 9.17) is 10.00 Å². The lowest BCUT2D eigenvalue weighted by atomic mass is 9.73. The number of fused-ring (bicyclic) bond motifs is 1. The molecule has 2 saturated heterocycles. The van der Waals surface area contributed by atoms with E-state index < -0.39 is 11.7 Å². The fraction of sp³-hybridized carbons (Fsp3) is 0.522. The molecule has 2 atom stereocenters. The molecular weight excluding hydrogens is 453 g/mol. The Kier molecular flexibility index (Phi) is 6.14. The highest BCUT2D eigenvalue weighted by molar-refractivity contribution is 7.13. The summed E-state index contributed by atoms with van der Waals surface area (Å²) in [5, 5.41) is 9.92. The summed E-state index contributed by atoms with van der Waals surface area (Å²) >= 11 is 1.38. The van der Waals surface area contributed by atoms with E-state index in [9.17, 15) is 18.0 Å². The number of aromatic nitrogens is 1. The molecule has 2 aromatic rings. The van der Waals surface area contributed by atoms with Crippen LogP contribution in [-0.4, -0.2) is 55.7 Å². The molecule has 2 aliphatic rings. The number of amides is 1. The fourth-order valence-corrected chi connectivity index (χ4v) is 6.02. The molecule has 4 rings (SSSR count). The summed E-state index contributed by atoms with van der Waals surface area (Å²) in [6.45, 7) is 6.30. The minimum Gasteiger partial charge on any atom is -0.384 e. The van der Waals surface area contributed by atoms with E-state index in [2.05, 4.69) is 4.98 Å². The SMILES string of the molecule is COC[C@@]12CCN(c3ccc(C#N)c(C(F)(F)F)c3)C[C@@H]1CN(C(=O)c1sc(C)nc1C)C2. The third kappa shape index (κ3) is 4.32. The lowest BCUT2D eigenvalue weighted by molar-refractivity contribution is -0.137. The Balaban J connectivity index is 1.59. The van der Waals surface area contributed by atoms with Crippen LogP contribution in [0.1, 0.15) is 37.9 Å². The lowest BCUT2D eigenvalue weighted by Crippen LogP contribution is -2.49. The summed E-state index contributed by atoms with van der Waals surface area (Å²) < 4.78 is 45.9. The Morgan fingerprint density at radius 1 is 1.36 bits per heavy atom. The van der Waals surface area contributed by atoms with Crippen molar-refractivity contribution in [2.24, 2.45) is 11.3 Å². The number of likely N-dealkylation sites (tertiary alicyclic amines) is 1. The molecule has 176 valence electrons. The number of hydrogen-bond acceptors (Lipinski definition) is 6. The highest BCUT2D eigenvalue weighted by Gasteiger charge is 2.51. The lowest BCUT2D eigenvalue weighted by Gasteiger charge is -2.44. The van der Waals surface area contributed by atoms with Gasteiger partial charge < -0.3 is 14.5 Å². The standard InChI is InChI=1S/C23H25F3N4O2S/c1-14-20(33-15(2)28-14)21(31)30-11-17-10-29(7-6-22(17,12-30)13-32-3)18-5-4-16(9-27)19(8-18)23(24,25)26/h4-5,8,17H,6-7,10-13H2,1-3H3/t17-,22+/m1/s1. The first-order valence-corrected chi connectivity index (χ1v) is 11.5. The smallest absolute Gasteiger partial charge is 0.384 e. The van der Waals surface area contributed by atoms with Crippen molar-refractivity contribution < 1.29 is 22.7 Å². The first-order chi connectivity index (χ1) is 15.6. The number of methoxy groups -OCH3 is 1. The molecule has 1 aromatic carbocycles. The van der Waals surface area contributed by atoms with E-state index in [0.717, 1.165) is 16.8 Å². The van der Waals surface area contributed by atoms with Crippen LogP contribution in [0.3, 0.4) is 0 Å². The molecule has 2 aliphatic heterocycles. The summed E-state index contributed by atoms with van der Waals surface area (Å²) in [5.41, 5.74) is -0.392. The summed E-state index contributed by atoms with van der Waals surface area (Å²) in [4.78, 5) is 22.0. The van der Waals surface area contributed by atoms with Crippen molar-refractivity contribution in [3.63, 3.8) is 0 Å². The Hall–Kier alpha value is -2.64. The number of benzene rings is 1. The van der Waals surface area contributed by atoms with Gasteiger partial charge in [0.15, 0.2) is 0 Å². The zero-order valence-corrected chi connectivity index (χ0v) is 19.5. The van der Waals surface area contributed by atoms with Crippen molar-refractivity contribution in [2.45, 2.75) is 26.4 Å². The zero-order chi connectivity index (χ0) is 24.0. The Bertz CT molecular complexity index is 1110. The van der Waals surface area contributed by atoms with Gasteiger partial charge in [0.05, 0.1) is 34.5 Å². The average molecular weight is 479 g/mol. The van der Waals surface area contributed by atoms with Crippen molar-refractivity contribution in [1.82, 2.24) is 9.88 Å². The van der Waals surface area contributed by atoms with Crippen LogP contribution in [0.15, 0.2) is 18.2 Å². The number of ether oxygens (including phenoxy) is 1. The van der Waals surface area contributed by atoms with Gasteiger partial charge in [0.1, 0.15) is 4.88 Å². The Morgan fingerprint density at radius 3 is 2.73 bits per heavy atom. The molecule has 0 unspecified atom stereocenters. The summed E-state index contributed by atoms with van der Waals surface area (Å²) in [7, 11) is 1.63. The number of aryl methyl sites for hydroxylation is 2. The van der Waals surface area contributed by atoms with Gasteiger partial charge in [-0.1, -0.05) is 0 Å². The molecular formula is C23H25F3N4O2S. The van der Waals surface area contributed by atoms with Gasteiger partial charge in [-0.25, -0.2) is 4.98 Å². The number of rotatable bonds is 4. The highest BCUT2D eigenvalue weighted by Crippen LogP contribution is 2.45. The van der Waals surface area contributed by atoms with Crippen LogP contribution in [0.2, 0.25) is 0 Å². The molecule has 3 heterocycles. The second-order valence-electron chi connectivity index (χ2n) is 8.86. The molecule has 0 radical (unpaired) electrons. The Labute approximate surface area is 194 Å². The number of halogens is 3. The number of carbonyl (C=O) groups excluding carboxylic acids is 1. The van der Waals surface area contributed by atoms with Crippen LogP contribution in [0, 0.1) is 36.5 Å². The molecule has 2 fully saturated rings. The number of nitriles is 1. The summed E-state index contributed by atoms with van der Waals surface area (Å²) in [6.07, 6.45) is -3.91. The van der Waals surface area contributed by atoms with Gasteiger partial charge in [-0.15, -0.1) is 11.3 Å². The van der Waals surface area contributed by atoms with Crippen LogP contribution in [0.5, 0.6) is 0 Å². The first kappa shape index (κ1) is 23.5. The van der Waals surface area contributed by atoms with Gasteiger partial charge in [0, 0.05) is 50.3 Å².